The molecule has 33 heavy (non-hydrogen) atoms. The lowest BCUT2D eigenvalue weighted by atomic mass is 9.96. The minimum Gasteiger partial charge on any atom is -0.374 e. The predicted molar refractivity (Wildman–Crippen MR) is 128 cm³/mol. The zero-order valence-electron chi connectivity index (χ0n) is 18.5. The van der Waals surface area contributed by atoms with Crippen LogP contribution in [-0.4, -0.2) is 46.9 Å². The Labute approximate surface area is 194 Å². The molecule has 0 unspecified atom stereocenters. The van der Waals surface area contributed by atoms with E-state index in [1.54, 1.807) is 18.6 Å². The van der Waals surface area contributed by atoms with Gasteiger partial charge in [-0.15, -0.1) is 0 Å². The Morgan fingerprint density at radius 2 is 1.61 bits per heavy atom. The molecule has 2 aromatic carbocycles. The Hall–Kier alpha value is -3.95. The highest BCUT2D eigenvalue weighted by atomic mass is 16.1. The van der Waals surface area contributed by atoms with E-state index in [1.165, 1.54) is 11.1 Å². The molecule has 0 spiro atoms. The maximum Gasteiger partial charge on any atom is 0.263 e. The highest BCUT2D eigenvalue weighted by molar-refractivity contribution is 5.97. The molecule has 1 aliphatic heterocycles. The summed E-state index contributed by atoms with van der Waals surface area (Å²) in [5, 5.41) is 12.3. The lowest BCUT2D eigenvalue weighted by molar-refractivity contribution is -0.117. The number of rotatable bonds is 7. The maximum atomic E-state index is 12.5. The first-order valence-corrected chi connectivity index (χ1v) is 11.1. The summed E-state index contributed by atoms with van der Waals surface area (Å²) in [6, 6.07) is 27.0. The van der Waals surface area contributed by atoms with Gasteiger partial charge >= 0.3 is 0 Å². The van der Waals surface area contributed by atoms with Crippen molar-refractivity contribution in [3.8, 4) is 6.07 Å². The fourth-order valence-corrected chi connectivity index (χ4v) is 4.11. The molecule has 0 atom stereocenters. The first-order chi connectivity index (χ1) is 16.2. The summed E-state index contributed by atoms with van der Waals surface area (Å²) in [5.41, 5.74) is 3.54. The van der Waals surface area contributed by atoms with E-state index in [0.29, 0.717) is 6.54 Å². The van der Waals surface area contributed by atoms with Gasteiger partial charge in [-0.2, -0.15) is 5.26 Å². The van der Waals surface area contributed by atoms with Crippen molar-refractivity contribution < 1.29 is 4.79 Å². The molecule has 3 aromatic rings. The summed E-state index contributed by atoms with van der Waals surface area (Å²) in [4.78, 5) is 21.1. The van der Waals surface area contributed by atoms with Crippen LogP contribution in [0.1, 0.15) is 22.7 Å². The number of pyridine rings is 1. The maximum absolute atomic E-state index is 12.5. The van der Waals surface area contributed by atoms with Crippen LogP contribution in [0.25, 0.3) is 0 Å². The number of nitrogens with zero attached hydrogens (tertiary/aromatic N) is 4. The van der Waals surface area contributed by atoms with Crippen LogP contribution in [0.5, 0.6) is 0 Å². The van der Waals surface area contributed by atoms with Crippen molar-refractivity contribution in [3.63, 3.8) is 0 Å². The van der Waals surface area contributed by atoms with Crippen LogP contribution >= 0.6 is 0 Å². The minimum atomic E-state index is -0.366. The number of nitrogens with one attached hydrogen (secondary N) is 1. The van der Waals surface area contributed by atoms with Gasteiger partial charge in [0.2, 0.25) is 0 Å². The average molecular weight is 438 g/mol. The van der Waals surface area contributed by atoms with E-state index in [1.807, 2.05) is 30.3 Å². The molecule has 1 amide bonds. The molecule has 1 aliphatic rings. The fraction of sp³-hybridized carbons (Fsp3) is 0.222. The Morgan fingerprint density at radius 3 is 2.15 bits per heavy atom. The average Bonchev–Trinajstić information content (AvgIpc) is 2.89. The second-order valence-electron chi connectivity index (χ2n) is 7.99. The van der Waals surface area contributed by atoms with Crippen molar-refractivity contribution in [1.29, 1.82) is 5.26 Å². The summed E-state index contributed by atoms with van der Waals surface area (Å²) in [6.45, 7) is 3.51. The predicted octanol–water partition coefficient (Wildman–Crippen LogP) is 3.51. The molecule has 1 saturated heterocycles. The Bertz CT molecular complexity index is 1060. The van der Waals surface area contributed by atoms with E-state index in [9.17, 15) is 10.1 Å². The van der Waals surface area contributed by atoms with Crippen molar-refractivity contribution in [1.82, 2.24) is 20.1 Å². The zero-order chi connectivity index (χ0) is 22.9. The second kappa shape index (κ2) is 11.1. The van der Waals surface area contributed by atoms with Gasteiger partial charge in [0.05, 0.1) is 6.04 Å². The number of nitriles is 1. The van der Waals surface area contributed by atoms with Gasteiger partial charge in [-0.25, -0.2) is 0 Å². The van der Waals surface area contributed by atoms with Gasteiger partial charge < -0.3 is 10.2 Å². The van der Waals surface area contributed by atoms with Crippen molar-refractivity contribution in [2.45, 2.75) is 12.6 Å². The topological polar surface area (TPSA) is 72.3 Å². The van der Waals surface area contributed by atoms with Crippen molar-refractivity contribution in [2.24, 2.45) is 0 Å². The number of hydrogen-bond donors (Lipinski definition) is 1. The lowest BCUT2D eigenvalue weighted by Gasteiger charge is -2.39. The van der Waals surface area contributed by atoms with Crippen LogP contribution < -0.4 is 5.32 Å². The number of carbonyl (C=O) groups is 1. The highest BCUT2D eigenvalue weighted by Gasteiger charge is 2.26. The third kappa shape index (κ3) is 5.85. The quantitative estimate of drug-likeness (QED) is 0.452. The van der Waals surface area contributed by atoms with Crippen LogP contribution in [0.4, 0.5) is 0 Å². The normalized spacial score (nSPS) is 14.7. The minimum absolute atomic E-state index is 0.120. The molecular formula is C27H27N5O. The molecule has 0 saturated carbocycles. The third-order valence-corrected chi connectivity index (χ3v) is 5.80. The second-order valence-corrected chi connectivity index (χ2v) is 7.99. The van der Waals surface area contributed by atoms with E-state index in [2.05, 4.69) is 68.6 Å². The molecule has 1 fully saturated rings. The SMILES string of the molecule is N#C/C(=C/N1CCN(C(c2ccccc2)c2ccccc2)CC1)C(=O)NCc1cccnc1. The van der Waals surface area contributed by atoms with Crippen molar-refractivity contribution >= 4 is 5.91 Å². The standard InChI is InChI=1S/C27H27N5O/c28-18-25(27(33)30-20-22-8-7-13-29-19-22)21-31-14-16-32(17-15-31)26(23-9-3-1-4-10-23)24-11-5-2-6-12-24/h1-13,19,21,26H,14-17,20H2,(H,30,33)/b25-21-. The van der Waals surface area contributed by atoms with Crippen LogP contribution in [0.2, 0.25) is 0 Å². The third-order valence-electron chi connectivity index (χ3n) is 5.80. The number of amides is 1. The largest absolute Gasteiger partial charge is 0.374 e. The Kier molecular flexibility index (Phi) is 7.47. The number of aromatic nitrogens is 1. The zero-order valence-corrected chi connectivity index (χ0v) is 18.5. The number of hydrogen-bond acceptors (Lipinski definition) is 5. The van der Waals surface area contributed by atoms with Gasteiger partial charge in [0.1, 0.15) is 11.6 Å². The number of piperazine rings is 1. The fourth-order valence-electron chi connectivity index (χ4n) is 4.11. The summed E-state index contributed by atoms with van der Waals surface area (Å²) >= 11 is 0. The molecular weight excluding hydrogens is 410 g/mol. The van der Waals surface area contributed by atoms with Gasteiger partial charge in [0.15, 0.2) is 0 Å². The van der Waals surface area contributed by atoms with Crippen LogP contribution in [0.15, 0.2) is 97.0 Å². The molecule has 1 N–H and O–H groups in total. The van der Waals surface area contributed by atoms with E-state index < -0.39 is 0 Å². The Morgan fingerprint density at radius 1 is 0.970 bits per heavy atom. The first-order valence-electron chi connectivity index (χ1n) is 11.1. The molecule has 6 nitrogen and oxygen atoms in total. The summed E-state index contributed by atoms with van der Waals surface area (Å²) in [6.07, 6.45) is 5.08. The van der Waals surface area contributed by atoms with E-state index >= 15 is 0 Å². The summed E-state index contributed by atoms with van der Waals surface area (Å²) < 4.78 is 0. The summed E-state index contributed by atoms with van der Waals surface area (Å²) in [7, 11) is 0. The monoisotopic (exact) mass is 437 g/mol. The van der Waals surface area contributed by atoms with Gasteiger partial charge in [-0.1, -0.05) is 66.7 Å². The van der Waals surface area contributed by atoms with Gasteiger partial charge in [-0.3, -0.25) is 14.7 Å². The van der Waals surface area contributed by atoms with Crippen LogP contribution in [0.3, 0.4) is 0 Å². The first kappa shape index (κ1) is 22.3. The smallest absolute Gasteiger partial charge is 0.263 e. The van der Waals surface area contributed by atoms with Crippen molar-refractivity contribution in [3.05, 3.63) is 114 Å². The van der Waals surface area contributed by atoms with Gasteiger partial charge in [-0.05, 0) is 22.8 Å². The van der Waals surface area contributed by atoms with E-state index in [4.69, 9.17) is 0 Å². The van der Waals surface area contributed by atoms with Crippen LogP contribution in [0, 0.1) is 11.3 Å². The molecule has 166 valence electrons. The van der Waals surface area contributed by atoms with E-state index in [-0.39, 0.29) is 17.5 Å². The highest BCUT2D eigenvalue weighted by Crippen LogP contribution is 2.29. The molecule has 0 aliphatic carbocycles. The summed E-state index contributed by atoms with van der Waals surface area (Å²) in [5.74, 6) is -0.366. The number of benzene rings is 2. The molecule has 2 heterocycles. The number of carbonyl (C=O) groups excluding carboxylic acids is 1. The molecule has 0 bridgehead atoms. The molecule has 6 heteroatoms. The van der Waals surface area contributed by atoms with Crippen LogP contribution in [-0.2, 0) is 11.3 Å². The molecule has 1 aromatic heterocycles. The van der Waals surface area contributed by atoms with E-state index in [0.717, 1.165) is 31.7 Å². The van der Waals surface area contributed by atoms with Gasteiger partial charge in [0.25, 0.3) is 5.91 Å². The molecule has 4 rings (SSSR count). The molecule has 0 radical (unpaired) electrons. The lowest BCUT2D eigenvalue weighted by Crippen LogP contribution is -2.46. The van der Waals surface area contributed by atoms with Crippen molar-refractivity contribution in [2.75, 3.05) is 26.2 Å². The van der Waals surface area contributed by atoms with Gasteiger partial charge in [0, 0.05) is 51.3 Å². The Balaban J connectivity index is 1.40.